The van der Waals surface area contributed by atoms with Gasteiger partial charge in [0.05, 0.1) is 17.5 Å². The van der Waals surface area contributed by atoms with Gasteiger partial charge in [-0.15, -0.1) is 0 Å². The first kappa shape index (κ1) is 11.3. The van der Waals surface area contributed by atoms with Crippen molar-refractivity contribution in [3.8, 4) is 5.75 Å². The zero-order valence-electron chi connectivity index (χ0n) is 9.00. The maximum atomic E-state index is 11.0. The third-order valence-corrected chi connectivity index (χ3v) is 3.36. The number of carboxylic acids is 1. The third-order valence-electron chi connectivity index (χ3n) is 3.07. The Morgan fingerprint density at radius 3 is 2.69 bits per heavy atom. The molecule has 4 heteroatoms. The van der Waals surface area contributed by atoms with Crippen molar-refractivity contribution in [1.29, 1.82) is 0 Å². The summed E-state index contributed by atoms with van der Waals surface area (Å²) in [7, 11) is 1.56. The monoisotopic (exact) mass is 240 g/mol. The van der Waals surface area contributed by atoms with Crippen LogP contribution in [-0.2, 0) is 11.2 Å². The number of aliphatic carboxylic acids is 1. The minimum atomic E-state index is -0.709. The number of methoxy groups -OCH3 is 1. The van der Waals surface area contributed by atoms with Crippen molar-refractivity contribution in [2.45, 2.75) is 19.3 Å². The van der Waals surface area contributed by atoms with Crippen LogP contribution < -0.4 is 4.74 Å². The molecule has 1 N–H and O–H groups in total. The molecule has 1 saturated carbocycles. The fraction of sp³-hybridized carbons (Fsp3) is 0.417. The number of hydrogen-bond donors (Lipinski definition) is 1. The molecule has 0 amide bonds. The molecule has 0 aliphatic heterocycles. The molecular weight excluding hydrogens is 228 g/mol. The van der Waals surface area contributed by atoms with Crippen molar-refractivity contribution >= 4 is 17.6 Å². The van der Waals surface area contributed by atoms with E-state index in [9.17, 15) is 4.79 Å². The SMILES string of the molecule is COc1ccc(CC2(C(=O)O)CC2)cc1Cl. The Labute approximate surface area is 99.0 Å². The average Bonchev–Trinajstić information content (AvgIpc) is 2.99. The van der Waals surface area contributed by atoms with Crippen LogP contribution in [0.1, 0.15) is 18.4 Å². The Morgan fingerprint density at radius 1 is 1.56 bits per heavy atom. The average molecular weight is 241 g/mol. The number of hydrogen-bond acceptors (Lipinski definition) is 2. The molecule has 1 fully saturated rings. The van der Waals surface area contributed by atoms with E-state index in [-0.39, 0.29) is 0 Å². The molecule has 0 atom stereocenters. The van der Waals surface area contributed by atoms with Gasteiger partial charge in [-0.2, -0.15) is 0 Å². The Bertz CT molecular complexity index is 424. The van der Waals surface area contributed by atoms with Gasteiger partial charge in [0.15, 0.2) is 0 Å². The number of carboxylic acid groups (broad SMARTS) is 1. The first-order valence-corrected chi connectivity index (χ1v) is 5.51. The van der Waals surface area contributed by atoms with E-state index in [1.165, 1.54) is 0 Å². The van der Waals surface area contributed by atoms with Crippen molar-refractivity contribution in [2.75, 3.05) is 7.11 Å². The summed E-state index contributed by atoms with van der Waals surface area (Å²) in [6, 6.07) is 5.42. The second kappa shape index (κ2) is 3.98. The van der Waals surface area contributed by atoms with Gasteiger partial charge in [0.1, 0.15) is 5.75 Å². The maximum Gasteiger partial charge on any atom is 0.309 e. The van der Waals surface area contributed by atoms with Crippen LogP contribution in [0.5, 0.6) is 5.75 Å². The van der Waals surface area contributed by atoms with Crippen LogP contribution in [0.4, 0.5) is 0 Å². The molecule has 3 nitrogen and oxygen atoms in total. The molecule has 1 aliphatic rings. The highest BCUT2D eigenvalue weighted by Crippen LogP contribution is 2.48. The number of halogens is 1. The largest absolute Gasteiger partial charge is 0.495 e. The van der Waals surface area contributed by atoms with Gasteiger partial charge in [0, 0.05) is 0 Å². The maximum absolute atomic E-state index is 11.0. The van der Waals surface area contributed by atoms with Gasteiger partial charge < -0.3 is 9.84 Å². The first-order chi connectivity index (χ1) is 7.57. The molecule has 1 aromatic carbocycles. The highest BCUT2D eigenvalue weighted by molar-refractivity contribution is 6.32. The summed E-state index contributed by atoms with van der Waals surface area (Å²) in [6.07, 6.45) is 2.06. The molecule has 0 aromatic heterocycles. The molecular formula is C12H13ClO3. The van der Waals surface area contributed by atoms with E-state index in [2.05, 4.69) is 0 Å². The molecule has 0 saturated heterocycles. The van der Waals surface area contributed by atoms with Gasteiger partial charge in [-0.1, -0.05) is 17.7 Å². The van der Waals surface area contributed by atoms with E-state index in [4.69, 9.17) is 21.4 Å². The van der Waals surface area contributed by atoms with E-state index < -0.39 is 11.4 Å². The minimum absolute atomic E-state index is 0.529. The van der Waals surface area contributed by atoms with E-state index in [1.807, 2.05) is 6.07 Å². The van der Waals surface area contributed by atoms with Gasteiger partial charge in [0.2, 0.25) is 0 Å². The van der Waals surface area contributed by atoms with Crippen LogP contribution in [0, 0.1) is 5.41 Å². The van der Waals surface area contributed by atoms with Crippen LogP contribution in [0.15, 0.2) is 18.2 Å². The van der Waals surface area contributed by atoms with Gasteiger partial charge >= 0.3 is 5.97 Å². The summed E-state index contributed by atoms with van der Waals surface area (Å²) >= 11 is 5.99. The van der Waals surface area contributed by atoms with Crippen LogP contribution in [0.3, 0.4) is 0 Å². The Kier molecular flexibility index (Phi) is 2.80. The number of carbonyl (C=O) groups is 1. The molecule has 16 heavy (non-hydrogen) atoms. The summed E-state index contributed by atoms with van der Waals surface area (Å²) < 4.78 is 5.04. The molecule has 0 radical (unpaired) electrons. The highest BCUT2D eigenvalue weighted by Gasteiger charge is 2.49. The van der Waals surface area contributed by atoms with E-state index in [0.717, 1.165) is 18.4 Å². The lowest BCUT2D eigenvalue weighted by Gasteiger charge is -2.11. The number of benzene rings is 1. The van der Waals surface area contributed by atoms with Crippen molar-refractivity contribution in [3.63, 3.8) is 0 Å². The van der Waals surface area contributed by atoms with Crippen LogP contribution in [0.2, 0.25) is 5.02 Å². The normalized spacial score (nSPS) is 16.9. The second-order valence-electron chi connectivity index (χ2n) is 4.23. The molecule has 1 aliphatic carbocycles. The summed E-state index contributed by atoms with van der Waals surface area (Å²) in [6.45, 7) is 0. The van der Waals surface area contributed by atoms with Crippen LogP contribution in [-0.4, -0.2) is 18.2 Å². The Morgan fingerprint density at radius 2 is 2.25 bits per heavy atom. The van der Waals surface area contributed by atoms with Crippen molar-refractivity contribution in [1.82, 2.24) is 0 Å². The smallest absolute Gasteiger partial charge is 0.309 e. The highest BCUT2D eigenvalue weighted by atomic mass is 35.5. The van der Waals surface area contributed by atoms with Crippen LogP contribution in [0.25, 0.3) is 0 Å². The van der Waals surface area contributed by atoms with Gasteiger partial charge in [-0.25, -0.2) is 0 Å². The topological polar surface area (TPSA) is 46.5 Å². The molecule has 0 spiro atoms. The predicted octanol–water partition coefficient (Wildman–Crippen LogP) is 2.76. The van der Waals surface area contributed by atoms with Gasteiger partial charge in [-0.05, 0) is 37.0 Å². The lowest BCUT2D eigenvalue weighted by atomic mass is 9.97. The summed E-state index contributed by atoms with van der Waals surface area (Å²) in [5.41, 5.74) is 0.406. The fourth-order valence-electron chi connectivity index (χ4n) is 1.83. The molecule has 0 unspecified atom stereocenters. The molecule has 2 rings (SSSR count). The molecule has 0 bridgehead atoms. The van der Waals surface area contributed by atoms with E-state index >= 15 is 0 Å². The molecule has 0 heterocycles. The summed E-state index contributed by atoms with van der Waals surface area (Å²) in [4.78, 5) is 11.0. The number of rotatable bonds is 4. The lowest BCUT2D eigenvalue weighted by Crippen LogP contribution is -2.17. The van der Waals surface area contributed by atoms with Gasteiger partial charge in [-0.3, -0.25) is 4.79 Å². The predicted molar refractivity (Wildman–Crippen MR) is 61.0 cm³/mol. The second-order valence-corrected chi connectivity index (χ2v) is 4.64. The van der Waals surface area contributed by atoms with Crippen molar-refractivity contribution < 1.29 is 14.6 Å². The zero-order chi connectivity index (χ0) is 11.8. The molecule has 1 aromatic rings. The van der Waals surface area contributed by atoms with E-state index in [1.54, 1.807) is 19.2 Å². The quantitative estimate of drug-likeness (QED) is 0.880. The van der Waals surface area contributed by atoms with E-state index in [0.29, 0.717) is 17.2 Å². The standard InChI is InChI=1S/C12H13ClO3/c1-16-10-3-2-8(6-9(10)13)7-12(4-5-12)11(14)15/h2-3,6H,4-5,7H2,1H3,(H,14,15). The Balaban J connectivity index is 2.17. The van der Waals surface area contributed by atoms with Crippen LogP contribution >= 0.6 is 11.6 Å². The lowest BCUT2D eigenvalue weighted by molar-refractivity contribution is -0.143. The zero-order valence-corrected chi connectivity index (χ0v) is 9.75. The molecule has 86 valence electrons. The summed E-state index contributed by atoms with van der Waals surface area (Å²) in [5, 5.41) is 9.61. The van der Waals surface area contributed by atoms with Crippen molar-refractivity contribution in [3.05, 3.63) is 28.8 Å². The fourth-order valence-corrected chi connectivity index (χ4v) is 2.11. The number of ether oxygens (including phenoxy) is 1. The van der Waals surface area contributed by atoms with Crippen molar-refractivity contribution in [2.24, 2.45) is 5.41 Å². The first-order valence-electron chi connectivity index (χ1n) is 5.13. The Hall–Kier alpha value is -1.22. The minimum Gasteiger partial charge on any atom is -0.495 e. The summed E-state index contributed by atoms with van der Waals surface area (Å²) in [5.74, 6) is -0.0926. The third kappa shape index (κ3) is 2.00. The van der Waals surface area contributed by atoms with Gasteiger partial charge in [0.25, 0.3) is 0 Å².